The van der Waals surface area contributed by atoms with E-state index >= 15 is 0 Å². The lowest BCUT2D eigenvalue weighted by Crippen LogP contribution is -2.60. The molecule has 1 spiro atoms. The van der Waals surface area contributed by atoms with E-state index in [1.807, 2.05) is 0 Å². The molecule has 4 aliphatic rings. The Balaban J connectivity index is 1.16. The molecule has 84 heavy (non-hydrogen) atoms. The van der Waals surface area contributed by atoms with E-state index in [2.05, 4.69) is 278 Å². The van der Waals surface area contributed by atoms with Crippen molar-refractivity contribution < 1.29 is 0 Å². The van der Waals surface area contributed by atoms with Crippen LogP contribution in [0.3, 0.4) is 0 Å². The van der Waals surface area contributed by atoms with Crippen LogP contribution < -0.4 is 16.4 Å². The summed E-state index contributed by atoms with van der Waals surface area (Å²) in [4.78, 5) is 0. The van der Waals surface area contributed by atoms with Gasteiger partial charge in [0.05, 0.1) is 38.7 Å². The largest absolute Gasteiger partial charge is 0.310 e. The number of hydrogen-bond donors (Lipinski definition) is 0. The van der Waals surface area contributed by atoms with Gasteiger partial charge in [-0.05, 0) is 165 Å². The van der Waals surface area contributed by atoms with E-state index in [9.17, 15) is 0 Å². The highest BCUT2D eigenvalue weighted by Gasteiger charge is 2.55. The fourth-order valence-electron chi connectivity index (χ4n) is 16.5. The molecule has 0 atom stereocenters. The molecule has 16 rings (SSSR count). The molecule has 1 aliphatic carbocycles. The van der Waals surface area contributed by atoms with Gasteiger partial charge < -0.3 is 13.7 Å². The molecule has 0 radical (unpaired) electrons. The molecule has 12 aromatic rings. The summed E-state index contributed by atoms with van der Waals surface area (Å²) < 4.78 is 8.29. The van der Waals surface area contributed by atoms with Gasteiger partial charge in [0.2, 0.25) is 0 Å². The molecule has 0 fully saturated rings. The molecule has 0 saturated heterocycles. The van der Waals surface area contributed by atoms with Gasteiger partial charge in [0.15, 0.2) is 0 Å². The average molecular weight is 1090 g/mol. The molecular formula is C80H80BN3. The maximum Gasteiger partial charge on any atom is 0.252 e. The molecule has 0 N–H and O–H groups in total. The van der Waals surface area contributed by atoms with Crippen LogP contribution in [0.4, 0.5) is 0 Å². The van der Waals surface area contributed by atoms with Crippen LogP contribution >= 0.6 is 0 Å². The van der Waals surface area contributed by atoms with Gasteiger partial charge in [-0.25, -0.2) is 0 Å². The normalized spacial score (nSPS) is 14.9. The molecule has 418 valence electrons. The summed E-state index contributed by atoms with van der Waals surface area (Å²) in [5.74, 6) is 1.03. The summed E-state index contributed by atoms with van der Waals surface area (Å²) in [7, 11) is 0. The molecule has 0 unspecified atom stereocenters. The summed E-state index contributed by atoms with van der Waals surface area (Å²) in [5.41, 5.74) is 33.2. The van der Waals surface area contributed by atoms with Gasteiger partial charge in [-0.2, -0.15) is 0 Å². The summed E-state index contributed by atoms with van der Waals surface area (Å²) in [5, 5.41) is 8.06. The second kappa shape index (κ2) is 16.4. The van der Waals surface area contributed by atoms with Crippen LogP contribution in [0.5, 0.6) is 0 Å². The summed E-state index contributed by atoms with van der Waals surface area (Å²) >= 11 is 0. The highest BCUT2D eigenvalue weighted by atomic mass is 15.1. The van der Waals surface area contributed by atoms with Crippen molar-refractivity contribution in [1.82, 2.24) is 13.7 Å². The summed E-state index contributed by atoms with van der Waals surface area (Å²) in [6, 6.07) is 57.5. The second-order valence-electron chi connectivity index (χ2n) is 31.1. The fraction of sp³-hybridized carbons (Fsp3) is 0.325. The average Bonchev–Trinajstić information content (AvgIpc) is 1.42. The zero-order chi connectivity index (χ0) is 58.7. The molecule has 3 aliphatic heterocycles. The number of hydrogen-bond acceptors (Lipinski definition) is 0. The minimum absolute atomic E-state index is 0.0676. The zero-order valence-electron chi connectivity index (χ0n) is 52.9. The minimum Gasteiger partial charge on any atom is -0.310 e. The number of benzene rings is 9. The molecule has 3 aromatic heterocycles. The maximum atomic E-state index is 2.83. The van der Waals surface area contributed by atoms with Crippen LogP contribution in [-0.4, -0.2) is 20.4 Å². The van der Waals surface area contributed by atoms with E-state index in [4.69, 9.17) is 0 Å². The lowest BCUT2D eigenvalue weighted by Gasteiger charge is -2.45. The van der Waals surface area contributed by atoms with Crippen LogP contribution in [0.2, 0.25) is 0 Å². The van der Waals surface area contributed by atoms with E-state index in [0.717, 1.165) is 0 Å². The molecule has 6 heterocycles. The van der Waals surface area contributed by atoms with Crippen LogP contribution in [0.1, 0.15) is 204 Å². The van der Waals surface area contributed by atoms with Gasteiger partial charge in [0.1, 0.15) is 0 Å². The molecule has 0 bridgehead atoms. The van der Waals surface area contributed by atoms with Gasteiger partial charge in [-0.1, -0.05) is 228 Å². The van der Waals surface area contributed by atoms with Crippen molar-refractivity contribution in [3.8, 4) is 28.2 Å². The van der Waals surface area contributed by atoms with E-state index in [1.54, 1.807) is 0 Å². The third-order valence-corrected chi connectivity index (χ3v) is 20.9. The highest BCUT2D eigenvalue weighted by molar-refractivity contribution is 7.00. The Morgan fingerprint density at radius 3 is 1.42 bits per heavy atom. The molecule has 3 nitrogen and oxygen atoms in total. The van der Waals surface area contributed by atoms with Crippen molar-refractivity contribution in [1.29, 1.82) is 0 Å². The fourth-order valence-corrected chi connectivity index (χ4v) is 16.5. The van der Waals surface area contributed by atoms with Crippen LogP contribution in [0, 0.1) is 0 Å². The van der Waals surface area contributed by atoms with Gasteiger partial charge in [-0.15, -0.1) is 0 Å². The maximum absolute atomic E-state index is 2.83. The van der Waals surface area contributed by atoms with E-state index in [1.165, 1.54) is 171 Å². The monoisotopic (exact) mass is 1090 g/mol. The Kier molecular flexibility index (Phi) is 10.2. The zero-order valence-corrected chi connectivity index (χ0v) is 52.9. The molecule has 4 heteroatoms. The first kappa shape index (κ1) is 52.0. The summed E-state index contributed by atoms with van der Waals surface area (Å²) in [6.07, 6.45) is 0. The van der Waals surface area contributed by atoms with Crippen molar-refractivity contribution in [3.05, 3.63) is 201 Å². The predicted octanol–water partition coefficient (Wildman–Crippen LogP) is 19.4. The molecule has 9 aromatic carbocycles. The van der Waals surface area contributed by atoms with Crippen LogP contribution in [0.25, 0.3) is 93.6 Å². The van der Waals surface area contributed by atoms with Crippen molar-refractivity contribution in [3.63, 3.8) is 0 Å². The number of para-hydroxylation sites is 2. The Morgan fingerprint density at radius 2 is 0.869 bits per heavy atom. The van der Waals surface area contributed by atoms with Crippen molar-refractivity contribution in [2.75, 3.05) is 0 Å². The number of fused-ring (bicyclic) bond motifs is 18. The number of aromatic nitrogens is 3. The van der Waals surface area contributed by atoms with Crippen LogP contribution in [0.15, 0.2) is 140 Å². The Morgan fingerprint density at radius 1 is 0.369 bits per heavy atom. The first-order valence-corrected chi connectivity index (χ1v) is 31.5. The first-order valence-electron chi connectivity index (χ1n) is 31.5. The first-order chi connectivity index (χ1) is 39.7. The van der Waals surface area contributed by atoms with Crippen LogP contribution in [-0.2, 0) is 27.1 Å². The van der Waals surface area contributed by atoms with Gasteiger partial charge >= 0.3 is 0 Å². The van der Waals surface area contributed by atoms with Gasteiger partial charge in [0.25, 0.3) is 6.71 Å². The van der Waals surface area contributed by atoms with Gasteiger partial charge in [0, 0.05) is 49.2 Å². The molecule has 0 amide bonds. The van der Waals surface area contributed by atoms with E-state index in [-0.39, 0.29) is 28.4 Å². The third kappa shape index (κ3) is 6.45. The SMILES string of the molecule is CC(C)c1cc(C(C)C)c(-n2c3ccccc3c3c4c5ccccc5n5c4c(cc32)B2c3c-5ccc4c3-n3c5c2cc(C(C)(C)C)cc5c2cc(C(C)(C)C)cc(c23)C42c3cc(C(C)(C)C)ccc3-c3ccc(C(C)(C)C)cc32)c(C(C)C)c1. The highest BCUT2D eigenvalue weighted by Crippen LogP contribution is 2.63. The lowest BCUT2D eigenvalue weighted by molar-refractivity contribution is 0.583. The predicted molar refractivity (Wildman–Crippen MR) is 362 cm³/mol. The second-order valence-corrected chi connectivity index (χ2v) is 31.1. The quantitative estimate of drug-likeness (QED) is 0.156. The van der Waals surface area contributed by atoms with E-state index < -0.39 is 5.41 Å². The minimum atomic E-state index is -0.635. The van der Waals surface area contributed by atoms with Crippen molar-refractivity contribution in [2.45, 2.75) is 169 Å². The summed E-state index contributed by atoms with van der Waals surface area (Å²) in [6.45, 7) is 43.2. The number of rotatable bonds is 4. The Bertz CT molecular complexity index is 4880. The molecular weight excluding hydrogens is 1010 g/mol. The lowest BCUT2D eigenvalue weighted by atomic mass is 9.33. The number of nitrogens with zero attached hydrogens (tertiary/aromatic N) is 3. The topological polar surface area (TPSA) is 14.8 Å². The van der Waals surface area contributed by atoms with Gasteiger partial charge in [-0.3, -0.25) is 0 Å². The smallest absolute Gasteiger partial charge is 0.252 e. The van der Waals surface area contributed by atoms with E-state index in [0.29, 0.717) is 17.8 Å². The third-order valence-electron chi connectivity index (χ3n) is 20.9. The van der Waals surface area contributed by atoms with Crippen molar-refractivity contribution in [2.24, 2.45) is 0 Å². The standard InChI is InChI=1S/C80H80BN3/c1-42(2)45-33-54(43(3)4)71(55(34-45)44(5)6)83-64-25-21-19-23-52(64)68-67(83)41-63-75-69(68)53-24-20-22-26-65(53)82(75)66-32-31-58-74-70(66)81(63)62-40-49(79(16,17)18)36-57-56-35-48(78(13,14)15)39-61(72(56)84(74)73(57)62)80(58)59-37-46(76(7,8)9)27-29-50(59)51-30-28-47(38-60(51)80)77(10,11)12/h19-44H,1-18H3. The Labute approximate surface area is 497 Å². The molecule has 0 saturated carbocycles. The Hall–Kier alpha value is -7.56. The van der Waals surface area contributed by atoms with Crippen molar-refractivity contribution >= 4 is 88.5 Å².